The van der Waals surface area contributed by atoms with Gasteiger partial charge in [0.2, 0.25) is 5.91 Å². The van der Waals surface area contributed by atoms with Crippen LogP contribution in [0.3, 0.4) is 0 Å². The molecule has 6 heteroatoms. The monoisotopic (exact) mass is 279 g/mol. The Labute approximate surface area is 117 Å². The van der Waals surface area contributed by atoms with Gasteiger partial charge in [0.15, 0.2) is 0 Å². The molecule has 20 heavy (non-hydrogen) atoms. The van der Waals surface area contributed by atoms with Crippen molar-refractivity contribution in [1.29, 1.82) is 5.26 Å². The Morgan fingerprint density at radius 3 is 2.90 bits per heavy atom. The summed E-state index contributed by atoms with van der Waals surface area (Å²) < 4.78 is 18.0. The molecule has 2 N–H and O–H groups in total. The second kappa shape index (κ2) is 9.02. The molecule has 0 atom stereocenters. The van der Waals surface area contributed by atoms with Crippen molar-refractivity contribution in [3.05, 3.63) is 35.1 Å². The largest absolute Gasteiger partial charge is 0.383 e. The molecule has 0 unspecified atom stereocenters. The third-order valence-electron chi connectivity index (χ3n) is 2.57. The van der Waals surface area contributed by atoms with Gasteiger partial charge >= 0.3 is 0 Å². The third-order valence-corrected chi connectivity index (χ3v) is 2.57. The van der Waals surface area contributed by atoms with E-state index in [9.17, 15) is 9.18 Å². The lowest BCUT2D eigenvalue weighted by molar-refractivity contribution is -0.121. The molecule has 0 aliphatic heterocycles. The molecule has 1 amide bonds. The van der Waals surface area contributed by atoms with E-state index in [1.807, 2.05) is 6.07 Å². The van der Waals surface area contributed by atoms with Crippen LogP contribution < -0.4 is 10.6 Å². The molecule has 1 rings (SSSR count). The molecule has 1 aromatic carbocycles. The van der Waals surface area contributed by atoms with Crippen LogP contribution in [0.1, 0.15) is 17.5 Å². The lowest BCUT2D eigenvalue weighted by Crippen LogP contribution is -2.29. The molecule has 1 aromatic rings. The second-order valence-corrected chi connectivity index (χ2v) is 4.23. The van der Waals surface area contributed by atoms with E-state index in [0.29, 0.717) is 43.8 Å². The first-order valence-electron chi connectivity index (χ1n) is 6.31. The zero-order valence-corrected chi connectivity index (χ0v) is 11.4. The van der Waals surface area contributed by atoms with Gasteiger partial charge in [0.1, 0.15) is 5.82 Å². The number of hydrogen-bond acceptors (Lipinski definition) is 4. The normalized spacial score (nSPS) is 10.1. The molecule has 0 fully saturated rings. The predicted molar refractivity (Wildman–Crippen MR) is 72.3 cm³/mol. The zero-order valence-electron chi connectivity index (χ0n) is 11.4. The summed E-state index contributed by atoms with van der Waals surface area (Å²) in [5, 5.41) is 14.5. The van der Waals surface area contributed by atoms with Gasteiger partial charge in [0.05, 0.1) is 18.2 Å². The van der Waals surface area contributed by atoms with E-state index in [1.165, 1.54) is 12.1 Å². The van der Waals surface area contributed by atoms with Gasteiger partial charge in [-0.1, -0.05) is 0 Å². The third kappa shape index (κ3) is 6.27. The minimum Gasteiger partial charge on any atom is -0.383 e. The number of nitrogens with one attached hydrogen (secondary N) is 2. The lowest BCUT2D eigenvalue weighted by atomic mass is 10.1. The summed E-state index contributed by atoms with van der Waals surface area (Å²) in [7, 11) is 1.57. The fraction of sp³-hybridized carbons (Fsp3) is 0.429. The maximum atomic E-state index is 13.2. The van der Waals surface area contributed by atoms with E-state index in [2.05, 4.69) is 10.6 Å². The van der Waals surface area contributed by atoms with Crippen molar-refractivity contribution in [3.8, 4) is 6.07 Å². The number of carbonyl (C=O) groups excluding carboxylic acids is 1. The van der Waals surface area contributed by atoms with Gasteiger partial charge in [-0.3, -0.25) is 4.79 Å². The molecule has 0 spiro atoms. The summed E-state index contributed by atoms with van der Waals surface area (Å²) in [6, 6.07) is 6.08. The quantitative estimate of drug-likeness (QED) is 0.695. The number of halogens is 1. The van der Waals surface area contributed by atoms with Crippen LogP contribution in [0.4, 0.5) is 4.39 Å². The van der Waals surface area contributed by atoms with Crippen molar-refractivity contribution in [2.75, 3.05) is 26.8 Å². The summed E-state index contributed by atoms with van der Waals surface area (Å²) in [5.74, 6) is -0.496. The number of benzene rings is 1. The molecule has 108 valence electrons. The van der Waals surface area contributed by atoms with Gasteiger partial charge in [-0.2, -0.15) is 5.26 Å². The topological polar surface area (TPSA) is 74.2 Å². The van der Waals surface area contributed by atoms with Crippen molar-refractivity contribution in [3.63, 3.8) is 0 Å². The zero-order chi connectivity index (χ0) is 14.8. The first kappa shape index (κ1) is 16.1. The molecule has 0 saturated heterocycles. The highest BCUT2D eigenvalue weighted by Gasteiger charge is 2.02. The fourth-order valence-corrected chi connectivity index (χ4v) is 1.63. The fourth-order valence-electron chi connectivity index (χ4n) is 1.63. The smallest absolute Gasteiger partial charge is 0.221 e. The highest BCUT2D eigenvalue weighted by Crippen LogP contribution is 2.08. The number of methoxy groups -OCH3 is 1. The van der Waals surface area contributed by atoms with Crippen LogP contribution in [0.15, 0.2) is 18.2 Å². The van der Waals surface area contributed by atoms with Crippen LogP contribution >= 0.6 is 0 Å². The van der Waals surface area contributed by atoms with Crippen molar-refractivity contribution in [2.45, 2.75) is 13.0 Å². The van der Waals surface area contributed by atoms with Crippen molar-refractivity contribution >= 4 is 5.91 Å². The number of amides is 1. The standard InChI is InChI=1S/C14H18FN3O2/c1-20-5-4-18-14(19)2-3-17-10-12-6-11(9-16)7-13(15)8-12/h6-8,17H,2-5,10H2,1H3,(H,18,19). The van der Waals surface area contributed by atoms with E-state index < -0.39 is 5.82 Å². The van der Waals surface area contributed by atoms with E-state index in [1.54, 1.807) is 13.2 Å². The number of hydrogen-bond donors (Lipinski definition) is 2. The molecule has 0 aromatic heterocycles. The molecule has 5 nitrogen and oxygen atoms in total. The minimum absolute atomic E-state index is 0.0634. The van der Waals surface area contributed by atoms with E-state index in [0.717, 1.165) is 0 Å². The van der Waals surface area contributed by atoms with Gasteiger partial charge in [-0.05, 0) is 23.8 Å². The molecule has 0 bridgehead atoms. The van der Waals surface area contributed by atoms with Gasteiger partial charge < -0.3 is 15.4 Å². The van der Waals surface area contributed by atoms with Gasteiger partial charge in [0, 0.05) is 33.2 Å². The molecular weight excluding hydrogens is 261 g/mol. The van der Waals surface area contributed by atoms with Crippen molar-refractivity contribution < 1.29 is 13.9 Å². The van der Waals surface area contributed by atoms with Crippen molar-refractivity contribution in [1.82, 2.24) is 10.6 Å². The van der Waals surface area contributed by atoms with E-state index >= 15 is 0 Å². The van der Waals surface area contributed by atoms with Crippen LogP contribution in [0.5, 0.6) is 0 Å². The molecule has 0 heterocycles. The molecular formula is C14H18FN3O2. The highest BCUT2D eigenvalue weighted by atomic mass is 19.1. The maximum Gasteiger partial charge on any atom is 0.221 e. The molecule has 0 radical (unpaired) electrons. The van der Waals surface area contributed by atoms with E-state index in [-0.39, 0.29) is 5.91 Å². The highest BCUT2D eigenvalue weighted by molar-refractivity contribution is 5.76. The number of rotatable bonds is 8. The van der Waals surface area contributed by atoms with Gasteiger partial charge in [-0.25, -0.2) is 4.39 Å². The Kier molecular flexibility index (Phi) is 7.25. The average molecular weight is 279 g/mol. The first-order valence-corrected chi connectivity index (χ1v) is 6.31. The number of nitriles is 1. The number of ether oxygens (including phenoxy) is 1. The van der Waals surface area contributed by atoms with Gasteiger partial charge in [-0.15, -0.1) is 0 Å². The second-order valence-electron chi connectivity index (χ2n) is 4.23. The predicted octanol–water partition coefficient (Wildman–Crippen LogP) is 0.940. The Morgan fingerprint density at radius 1 is 1.40 bits per heavy atom. The summed E-state index contributed by atoms with van der Waals surface area (Å²) in [6.07, 6.45) is 0.337. The minimum atomic E-state index is -0.432. The SMILES string of the molecule is COCCNC(=O)CCNCc1cc(F)cc(C#N)c1. The van der Waals surface area contributed by atoms with Crippen LogP contribution in [-0.4, -0.2) is 32.7 Å². The molecule has 0 saturated carbocycles. The maximum absolute atomic E-state index is 13.2. The van der Waals surface area contributed by atoms with Gasteiger partial charge in [0.25, 0.3) is 0 Å². The molecule has 0 aliphatic rings. The Hall–Kier alpha value is -1.97. The van der Waals surface area contributed by atoms with Crippen LogP contribution in [0.2, 0.25) is 0 Å². The Balaban J connectivity index is 2.26. The lowest BCUT2D eigenvalue weighted by Gasteiger charge is -2.06. The Morgan fingerprint density at radius 2 is 2.20 bits per heavy atom. The Bertz CT molecular complexity index is 486. The average Bonchev–Trinajstić information content (AvgIpc) is 2.43. The number of nitrogens with zero attached hydrogens (tertiary/aromatic N) is 1. The first-order chi connectivity index (χ1) is 9.65. The summed E-state index contributed by atoms with van der Waals surface area (Å²) in [5.41, 5.74) is 0.973. The van der Waals surface area contributed by atoms with Crippen molar-refractivity contribution in [2.24, 2.45) is 0 Å². The van der Waals surface area contributed by atoms with Crippen LogP contribution in [0, 0.1) is 17.1 Å². The van der Waals surface area contributed by atoms with E-state index in [4.69, 9.17) is 10.00 Å². The van der Waals surface area contributed by atoms with Crippen LogP contribution in [0.25, 0.3) is 0 Å². The number of carbonyl (C=O) groups is 1. The van der Waals surface area contributed by atoms with Crippen LogP contribution in [-0.2, 0) is 16.1 Å². The molecule has 0 aliphatic carbocycles. The summed E-state index contributed by atoms with van der Waals surface area (Å²) in [4.78, 5) is 11.4. The summed E-state index contributed by atoms with van der Waals surface area (Å²) in [6.45, 7) is 1.87. The summed E-state index contributed by atoms with van der Waals surface area (Å²) >= 11 is 0.